The van der Waals surface area contributed by atoms with Crippen LogP contribution in [0, 0.1) is 0 Å². The normalized spacial score (nSPS) is 18.6. The molecule has 1 amide bonds. The molecule has 1 N–H and O–H groups in total. The first kappa shape index (κ1) is 23.5. The molecule has 10 heteroatoms. The van der Waals surface area contributed by atoms with Crippen LogP contribution >= 0.6 is 0 Å². The Hall–Kier alpha value is -3.66. The smallest absolute Gasteiger partial charge is 0.416 e. The van der Waals surface area contributed by atoms with Gasteiger partial charge in [-0.1, -0.05) is 24.3 Å². The third-order valence-corrected chi connectivity index (χ3v) is 5.78. The van der Waals surface area contributed by atoms with Crippen LogP contribution in [0.5, 0.6) is 0 Å². The van der Waals surface area contributed by atoms with E-state index in [1.54, 1.807) is 46.2 Å². The number of halogens is 3. The van der Waals surface area contributed by atoms with Gasteiger partial charge >= 0.3 is 12.1 Å². The number of rotatable bonds is 6. The number of aromatic nitrogens is 2. The van der Waals surface area contributed by atoms with Crippen molar-refractivity contribution in [3.05, 3.63) is 83.7 Å². The van der Waals surface area contributed by atoms with Gasteiger partial charge in [0.25, 0.3) is 5.91 Å². The molecule has 1 saturated heterocycles. The van der Waals surface area contributed by atoms with E-state index in [0.29, 0.717) is 29.8 Å². The van der Waals surface area contributed by atoms with Crippen LogP contribution in [0.15, 0.2) is 67.0 Å². The van der Waals surface area contributed by atoms with Gasteiger partial charge in [0.15, 0.2) is 0 Å². The fourth-order valence-electron chi connectivity index (χ4n) is 4.14. The van der Waals surface area contributed by atoms with Crippen LogP contribution in [0.2, 0.25) is 0 Å². The van der Waals surface area contributed by atoms with Crippen LogP contribution in [-0.2, 0) is 22.3 Å². The second-order valence-corrected chi connectivity index (χ2v) is 8.04. The largest absolute Gasteiger partial charge is 0.468 e. The topological polar surface area (TPSA) is 76.5 Å². The number of hydrogen-bond donors (Lipinski definition) is 1. The second-order valence-electron chi connectivity index (χ2n) is 8.04. The quantitative estimate of drug-likeness (QED) is 0.557. The zero-order valence-corrected chi connectivity index (χ0v) is 18.3. The molecule has 7 nitrogen and oxygen atoms in total. The van der Waals surface area contributed by atoms with Crippen LogP contribution in [0.3, 0.4) is 0 Å². The van der Waals surface area contributed by atoms with Crippen LogP contribution in [0.1, 0.15) is 27.9 Å². The molecule has 178 valence electrons. The van der Waals surface area contributed by atoms with Crippen molar-refractivity contribution in [2.75, 3.05) is 13.7 Å². The number of nitrogens with zero attached hydrogens (tertiary/aromatic N) is 3. The summed E-state index contributed by atoms with van der Waals surface area (Å²) in [5, 5.41) is 7.16. The van der Waals surface area contributed by atoms with Gasteiger partial charge in [-0.25, -0.2) is 4.68 Å². The number of alkyl halides is 3. The molecule has 0 saturated carbocycles. The molecule has 1 aliphatic rings. The molecule has 1 aliphatic heterocycles. The molecule has 3 aromatic rings. The second kappa shape index (κ2) is 9.68. The first-order valence-electron chi connectivity index (χ1n) is 10.6. The number of esters is 1. The van der Waals surface area contributed by atoms with E-state index in [1.165, 1.54) is 19.2 Å². The lowest BCUT2D eigenvalue weighted by atomic mass is 10.1. The first-order valence-corrected chi connectivity index (χ1v) is 10.6. The van der Waals surface area contributed by atoms with E-state index in [2.05, 4.69) is 10.4 Å². The number of carbonyl (C=O) groups is 2. The average molecular weight is 472 g/mol. The molecular formula is C24H23F3N4O3. The van der Waals surface area contributed by atoms with Crippen LogP contribution in [0.4, 0.5) is 13.2 Å². The Balaban J connectivity index is 1.48. The molecule has 0 unspecified atom stereocenters. The van der Waals surface area contributed by atoms with Gasteiger partial charge in [0.2, 0.25) is 0 Å². The average Bonchev–Trinajstić information content (AvgIpc) is 3.49. The molecular weight excluding hydrogens is 449 g/mol. The highest BCUT2D eigenvalue weighted by Gasteiger charge is 2.38. The highest BCUT2D eigenvalue weighted by molar-refractivity contribution is 5.98. The van der Waals surface area contributed by atoms with E-state index in [0.717, 1.165) is 12.1 Å². The van der Waals surface area contributed by atoms with E-state index in [-0.39, 0.29) is 18.5 Å². The number of benzene rings is 2. The summed E-state index contributed by atoms with van der Waals surface area (Å²) in [7, 11) is 1.28. The minimum Gasteiger partial charge on any atom is -0.468 e. The molecule has 2 heterocycles. The molecule has 1 fully saturated rings. The lowest BCUT2D eigenvalue weighted by Gasteiger charge is -2.22. The highest BCUT2D eigenvalue weighted by Crippen LogP contribution is 2.30. The van der Waals surface area contributed by atoms with Crippen molar-refractivity contribution in [3.63, 3.8) is 0 Å². The summed E-state index contributed by atoms with van der Waals surface area (Å²) in [6, 6.07) is 12.6. The fraction of sp³-hybridized carbons (Fsp3) is 0.292. The van der Waals surface area contributed by atoms with E-state index in [9.17, 15) is 22.8 Å². The Bertz CT molecular complexity index is 1150. The van der Waals surface area contributed by atoms with Crippen molar-refractivity contribution in [2.45, 2.75) is 31.2 Å². The van der Waals surface area contributed by atoms with Gasteiger partial charge in [-0.3, -0.25) is 14.5 Å². The first-order chi connectivity index (χ1) is 16.3. The van der Waals surface area contributed by atoms with Crippen LogP contribution < -0.4 is 5.32 Å². The van der Waals surface area contributed by atoms with Gasteiger partial charge in [0.1, 0.15) is 6.04 Å². The number of methoxy groups -OCH3 is 1. The summed E-state index contributed by atoms with van der Waals surface area (Å²) in [6.07, 6.45) is -0.738. The zero-order valence-electron chi connectivity index (χ0n) is 18.3. The van der Waals surface area contributed by atoms with Gasteiger partial charge in [-0.2, -0.15) is 18.3 Å². The molecule has 1 aromatic heterocycles. The summed E-state index contributed by atoms with van der Waals surface area (Å²) in [5.74, 6) is -0.767. The van der Waals surface area contributed by atoms with Gasteiger partial charge in [-0.05, 0) is 42.3 Å². The maximum atomic E-state index is 13.1. The van der Waals surface area contributed by atoms with E-state index < -0.39 is 23.8 Å². The Kier molecular flexibility index (Phi) is 6.69. The van der Waals surface area contributed by atoms with E-state index in [4.69, 9.17) is 4.74 Å². The maximum absolute atomic E-state index is 13.1. The lowest BCUT2D eigenvalue weighted by Crippen LogP contribution is -2.38. The van der Waals surface area contributed by atoms with Crippen LogP contribution in [-0.4, -0.2) is 52.3 Å². The molecule has 0 aliphatic carbocycles. The Morgan fingerprint density at radius 2 is 1.85 bits per heavy atom. The molecule has 0 bridgehead atoms. The van der Waals surface area contributed by atoms with Gasteiger partial charge in [0, 0.05) is 31.5 Å². The number of ether oxygens (including phenoxy) is 1. The number of amides is 1. The Morgan fingerprint density at radius 1 is 1.12 bits per heavy atom. The summed E-state index contributed by atoms with van der Waals surface area (Å²) in [5.41, 5.74) is 0.942. The fourth-order valence-corrected chi connectivity index (χ4v) is 4.14. The molecule has 4 rings (SSSR count). The minimum atomic E-state index is -4.41. The van der Waals surface area contributed by atoms with Crippen LogP contribution in [0.25, 0.3) is 5.69 Å². The van der Waals surface area contributed by atoms with Crippen molar-refractivity contribution in [2.24, 2.45) is 0 Å². The van der Waals surface area contributed by atoms with Gasteiger partial charge in [0.05, 0.1) is 23.9 Å². The Morgan fingerprint density at radius 3 is 2.50 bits per heavy atom. The Labute approximate surface area is 194 Å². The predicted octanol–water partition coefficient (Wildman–Crippen LogP) is 3.44. The van der Waals surface area contributed by atoms with Crippen molar-refractivity contribution in [3.8, 4) is 5.69 Å². The van der Waals surface area contributed by atoms with Crippen molar-refractivity contribution in [1.82, 2.24) is 20.0 Å². The molecule has 2 aromatic carbocycles. The number of nitrogens with one attached hydrogen (secondary N) is 1. The number of likely N-dealkylation sites (tertiary alicyclic amines) is 1. The number of para-hydroxylation sites is 1. The third-order valence-electron chi connectivity index (χ3n) is 5.78. The SMILES string of the molecule is COC(=O)[C@@H]1C[C@@H](NC(=O)c2ccccc2-n2cccn2)CN1Cc1ccc(C(F)(F)F)cc1. The predicted molar refractivity (Wildman–Crippen MR) is 117 cm³/mol. The van der Waals surface area contributed by atoms with E-state index >= 15 is 0 Å². The van der Waals surface area contributed by atoms with Gasteiger partial charge in [-0.15, -0.1) is 0 Å². The monoisotopic (exact) mass is 472 g/mol. The maximum Gasteiger partial charge on any atom is 0.416 e. The summed E-state index contributed by atoms with van der Waals surface area (Å²) in [4.78, 5) is 27.2. The third kappa shape index (κ3) is 5.12. The molecule has 2 atom stereocenters. The minimum absolute atomic E-state index is 0.244. The number of carbonyl (C=O) groups excluding carboxylic acids is 2. The standard InChI is InChI=1S/C24H23F3N4O3/c1-34-23(33)21-13-18(15-30(21)14-16-7-9-17(10-8-16)24(25,26)27)29-22(32)19-5-2-3-6-20(19)31-12-4-11-28-31/h2-12,18,21H,13-15H2,1H3,(H,29,32)/t18-,21+/m1/s1. The highest BCUT2D eigenvalue weighted by atomic mass is 19.4. The summed E-state index contributed by atoms with van der Waals surface area (Å²) < 4.78 is 45.1. The van der Waals surface area contributed by atoms with Crippen molar-refractivity contribution < 1.29 is 27.5 Å². The zero-order chi connectivity index (χ0) is 24.3. The number of hydrogen-bond acceptors (Lipinski definition) is 5. The van der Waals surface area contributed by atoms with E-state index in [1.807, 2.05) is 6.07 Å². The summed E-state index contributed by atoms with van der Waals surface area (Å²) >= 11 is 0. The summed E-state index contributed by atoms with van der Waals surface area (Å²) in [6.45, 7) is 0.588. The van der Waals surface area contributed by atoms with Crippen molar-refractivity contribution >= 4 is 11.9 Å². The lowest BCUT2D eigenvalue weighted by molar-refractivity contribution is -0.146. The molecule has 0 radical (unpaired) electrons. The molecule has 34 heavy (non-hydrogen) atoms. The molecule has 0 spiro atoms. The van der Waals surface area contributed by atoms with Crippen molar-refractivity contribution in [1.29, 1.82) is 0 Å². The van der Waals surface area contributed by atoms with Gasteiger partial charge < -0.3 is 10.1 Å².